The van der Waals surface area contributed by atoms with Crippen LogP contribution in [-0.2, 0) is 4.74 Å². The fourth-order valence-corrected chi connectivity index (χ4v) is 2.29. The number of hydrogen-bond acceptors (Lipinski definition) is 4. The van der Waals surface area contributed by atoms with Crippen LogP contribution in [0.1, 0.15) is 33.6 Å². The summed E-state index contributed by atoms with van der Waals surface area (Å²) in [6, 6.07) is 0.422. The fourth-order valence-electron chi connectivity index (χ4n) is 2.29. The molecule has 1 aliphatic heterocycles. The van der Waals surface area contributed by atoms with Gasteiger partial charge in [-0.1, -0.05) is 0 Å². The highest BCUT2D eigenvalue weighted by atomic mass is 16.6. The van der Waals surface area contributed by atoms with E-state index in [4.69, 9.17) is 10.5 Å². The van der Waals surface area contributed by atoms with Gasteiger partial charge in [0.2, 0.25) is 0 Å². The third kappa shape index (κ3) is 4.82. The van der Waals surface area contributed by atoms with E-state index in [0.29, 0.717) is 12.6 Å². The Morgan fingerprint density at radius 1 is 1.50 bits per heavy atom. The van der Waals surface area contributed by atoms with Gasteiger partial charge in [0.1, 0.15) is 5.60 Å². The highest BCUT2D eigenvalue weighted by Gasteiger charge is 2.27. The average molecular weight is 257 g/mol. The normalized spacial score (nSPS) is 21.1. The molecular formula is C13H27N3O2. The maximum atomic E-state index is 11.9. The molecule has 0 aliphatic carbocycles. The summed E-state index contributed by atoms with van der Waals surface area (Å²) < 4.78 is 5.35. The van der Waals surface area contributed by atoms with Crippen molar-refractivity contribution in [1.29, 1.82) is 0 Å². The van der Waals surface area contributed by atoms with E-state index in [1.165, 1.54) is 6.42 Å². The van der Waals surface area contributed by atoms with Crippen molar-refractivity contribution in [3.63, 3.8) is 0 Å². The van der Waals surface area contributed by atoms with Gasteiger partial charge < -0.3 is 15.4 Å². The first-order valence-electron chi connectivity index (χ1n) is 6.71. The smallest absolute Gasteiger partial charge is 0.410 e. The quantitative estimate of drug-likeness (QED) is 0.824. The Labute approximate surface area is 110 Å². The van der Waals surface area contributed by atoms with Crippen molar-refractivity contribution < 1.29 is 9.53 Å². The Bertz CT molecular complexity index is 276. The van der Waals surface area contributed by atoms with Crippen LogP contribution in [0.25, 0.3) is 0 Å². The second-order valence-corrected chi connectivity index (χ2v) is 5.98. The minimum atomic E-state index is -0.433. The van der Waals surface area contributed by atoms with Crippen LogP contribution in [0.4, 0.5) is 4.79 Å². The molecule has 1 heterocycles. The van der Waals surface area contributed by atoms with Gasteiger partial charge in [-0.15, -0.1) is 0 Å². The third-order valence-corrected chi connectivity index (χ3v) is 3.11. The van der Waals surface area contributed by atoms with Crippen molar-refractivity contribution in [3.05, 3.63) is 0 Å². The summed E-state index contributed by atoms with van der Waals surface area (Å²) in [5.41, 5.74) is 5.16. The molecule has 1 amide bonds. The van der Waals surface area contributed by atoms with E-state index < -0.39 is 5.60 Å². The van der Waals surface area contributed by atoms with Crippen molar-refractivity contribution >= 4 is 6.09 Å². The highest BCUT2D eigenvalue weighted by Crippen LogP contribution is 2.18. The first-order chi connectivity index (χ1) is 8.33. The van der Waals surface area contributed by atoms with Crippen LogP contribution >= 0.6 is 0 Å². The van der Waals surface area contributed by atoms with Crippen LogP contribution in [0.5, 0.6) is 0 Å². The van der Waals surface area contributed by atoms with Crippen LogP contribution in [0.3, 0.4) is 0 Å². The Balaban J connectivity index is 2.43. The summed E-state index contributed by atoms with van der Waals surface area (Å²) in [5, 5.41) is 0. The SMILES string of the molecule is CN(CC1CCCN1CCN)C(=O)OC(C)(C)C. The molecule has 5 nitrogen and oxygen atoms in total. The van der Waals surface area contributed by atoms with Crippen LogP contribution in [0, 0.1) is 0 Å². The summed E-state index contributed by atoms with van der Waals surface area (Å²) in [6.45, 7) is 9.04. The second-order valence-electron chi connectivity index (χ2n) is 5.98. The number of ether oxygens (including phenoxy) is 1. The molecule has 5 heteroatoms. The molecule has 0 aromatic rings. The average Bonchev–Trinajstić information content (AvgIpc) is 2.64. The number of carbonyl (C=O) groups is 1. The molecular weight excluding hydrogens is 230 g/mol. The number of amides is 1. The lowest BCUT2D eigenvalue weighted by molar-refractivity contribution is 0.0259. The molecule has 0 spiro atoms. The van der Waals surface area contributed by atoms with E-state index in [9.17, 15) is 4.79 Å². The monoisotopic (exact) mass is 257 g/mol. The summed E-state index contributed by atoms with van der Waals surface area (Å²) in [5.74, 6) is 0. The number of carbonyl (C=O) groups excluding carboxylic acids is 1. The summed E-state index contributed by atoms with van der Waals surface area (Å²) in [4.78, 5) is 15.9. The zero-order valence-electron chi connectivity index (χ0n) is 12.1. The van der Waals surface area contributed by atoms with Gasteiger partial charge in [-0.25, -0.2) is 4.79 Å². The number of likely N-dealkylation sites (tertiary alicyclic amines) is 1. The number of nitrogens with two attached hydrogens (primary N) is 1. The van der Waals surface area contributed by atoms with Gasteiger partial charge in [-0.05, 0) is 40.2 Å². The molecule has 2 N–H and O–H groups in total. The molecule has 1 fully saturated rings. The molecule has 0 saturated carbocycles. The van der Waals surface area contributed by atoms with Crippen molar-refractivity contribution in [1.82, 2.24) is 9.80 Å². The lowest BCUT2D eigenvalue weighted by Crippen LogP contribution is -2.44. The van der Waals surface area contributed by atoms with Crippen LogP contribution in [-0.4, -0.2) is 60.8 Å². The largest absolute Gasteiger partial charge is 0.444 e. The van der Waals surface area contributed by atoms with E-state index in [2.05, 4.69) is 4.90 Å². The summed E-state index contributed by atoms with van der Waals surface area (Å²) in [7, 11) is 1.80. The zero-order valence-corrected chi connectivity index (χ0v) is 12.1. The van der Waals surface area contributed by atoms with Gasteiger partial charge in [-0.2, -0.15) is 0 Å². The van der Waals surface area contributed by atoms with E-state index in [1.54, 1.807) is 11.9 Å². The minimum absolute atomic E-state index is 0.248. The molecule has 18 heavy (non-hydrogen) atoms. The number of likely N-dealkylation sites (N-methyl/N-ethyl adjacent to an activating group) is 1. The van der Waals surface area contributed by atoms with Crippen molar-refractivity contribution in [2.24, 2.45) is 5.73 Å². The van der Waals surface area contributed by atoms with Gasteiger partial charge in [0.25, 0.3) is 0 Å². The summed E-state index contributed by atoms with van der Waals surface area (Å²) in [6.07, 6.45) is 2.07. The molecule has 106 valence electrons. The maximum Gasteiger partial charge on any atom is 0.410 e. The molecule has 1 saturated heterocycles. The molecule has 0 radical (unpaired) electrons. The molecule has 0 bridgehead atoms. The predicted octanol–water partition coefficient (Wildman–Crippen LogP) is 1.28. The van der Waals surface area contributed by atoms with E-state index >= 15 is 0 Å². The van der Waals surface area contributed by atoms with Crippen LogP contribution in [0.2, 0.25) is 0 Å². The van der Waals surface area contributed by atoms with Gasteiger partial charge in [0.05, 0.1) is 0 Å². The Hall–Kier alpha value is -0.810. The number of hydrogen-bond donors (Lipinski definition) is 1. The first kappa shape index (κ1) is 15.2. The van der Waals surface area contributed by atoms with Crippen molar-refractivity contribution in [2.75, 3.05) is 33.2 Å². The van der Waals surface area contributed by atoms with Gasteiger partial charge in [0.15, 0.2) is 0 Å². The standard InChI is InChI=1S/C13H27N3O2/c1-13(2,3)18-12(17)15(4)10-11-6-5-8-16(11)9-7-14/h11H,5-10,14H2,1-4H3. The Morgan fingerprint density at radius 2 is 2.17 bits per heavy atom. The molecule has 0 aromatic heterocycles. The van der Waals surface area contributed by atoms with E-state index in [-0.39, 0.29) is 6.09 Å². The topological polar surface area (TPSA) is 58.8 Å². The maximum absolute atomic E-state index is 11.9. The van der Waals surface area contributed by atoms with Crippen molar-refractivity contribution in [3.8, 4) is 0 Å². The number of nitrogens with zero attached hydrogens (tertiary/aromatic N) is 2. The lowest BCUT2D eigenvalue weighted by Gasteiger charge is -2.30. The first-order valence-corrected chi connectivity index (χ1v) is 6.71. The molecule has 1 atom stereocenters. The van der Waals surface area contributed by atoms with Crippen LogP contribution in [0.15, 0.2) is 0 Å². The van der Waals surface area contributed by atoms with Gasteiger partial charge in [-0.3, -0.25) is 4.90 Å². The lowest BCUT2D eigenvalue weighted by atomic mass is 10.2. The van der Waals surface area contributed by atoms with Gasteiger partial charge in [0, 0.05) is 32.7 Å². The molecule has 1 rings (SSSR count). The Morgan fingerprint density at radius 3 is 2.72 bits per heavy atom. The van der Waals surface area contributed by atoms with E-state index in [1.807, 2.05) is 20.8 Å². The predicted molar refractivity (Wildman–Crippen MR) is 72.5 cm³/mol. The Kier molecular flexibility index (Phi) is 5.41. The van der Waals surface area contributed by atoms with Gasteiger partial charge >= 0.3 is 6.09 Å². The number of rotatable bonds is 4. The third-order valence-electron chi connectivity index (χ3n) is 3.11. The highest BCUT2D eigenvalue weighted by molar-refractivity contribution is 5.67. The second kappa shape index (κ2) is 6.38. The molecule has 1 unspecified atom stereocenters. The van der Waals surface area contributed by atoms with Crippen LogP contribution < -0.4 is 5.73 Å². The van der Waals surface area contributed by atoms with E-state index in [0.717, 1.165) is 26.1 Å². The molecule has 0 aromatic carbocycles. The zero-order chi connectivity index (χ0) is 13.8. The fraction of sp³-hybridized carbons (Fsp3) is 0.923. The molecule has 1 aliphatic rings. The summed E-state index contributed by atoms with van der Waals surface area (Å²) >= 11 is 0. The minimum Gasteiger partial charge on any atom is -0.444 e. The van der Waals surface area contributed by atoms with Crippen molar-refractivity contribution in [2.45, 2.75) is 45.3 Å².